The van der Waals surface area contributed by atoms with E-state index < -0.39 is 21.1 Å². The first kappa shape index (κ1) is 26.1. The van der Waals surface area contributed by atoms with Crippen LogP contribution in [0.25, 0.3) is 0 Å². The van der Waals surface area contributed by atoms with E-state index in [2.05, 4.69) is 9.89 Å². The monoisotopic (exact) mass is 519 g/mol. The Morgan fingerprint density at radius 1 is 1.03 bits per heavy atom. The molecule has 1 aromatic carbocycles. The second-order valence-electron chi connectivity index (χ2n) is 10.7. The lowest BCUT2D eigenvalue weighted by atomic mass is 9.87. The summed E-state index contributed by atoms with van der Waals surface area (Å²) in [6.07, 6.45) is 5.31. The molecule has 2 heterocycles. The standard InChI is InChI=1S/C24H37N7O4S/c1-23(2,3)35-22(32)30-14-12-29(13-15-30)18-9-8-17(36(4,33)34)16-19(18)31-21(26)27-20(25)28-24(31)10-6-5-7-11-24/h8-9,16H,5-7,10-15H2,1-4H3,(H4,25,26,27,28). The van der Waals surface area contributed by atoms with Gasteiger partial charge in [0.2, 0.25) is 11.9 Å². The van der Waals surface area contributed by atoms with Crippen LogP contribution >= 0.6 is 0 Å². The molecule has 0 unspecified atom stereocenters. The third-order valence-electron chi connectivity index (χ3n) is 6.74. The molecule has 4 N–H and O–H groups in total. The van der Waals surface area contributed by atoms with Crippen LogP contribution in [0.4, 0.5) is 16.2 Å². The Balaban J connectivity index is 1.71. The number of sulfone groups is 1. The van der Waals surface area contributed by atoms with Crippen LogP contribution in [-0.4, -0.2) is 75.0 Å². The quantitative estimate of drug-likeness (QED) is 0.618. The Bertz CT molecular complexity index is 1180. The maximum Gasteiger partial charge on any atom is 0.410 e. The highest BCUT2D eigenvalue weighted by Gasteiger charge is 2.44. The minimum Gasteiger partial charge on any atom is -0.444 e. The summed E-state index contributed by atoms with van der Waals surface area (Å²) in [4.78, 5) is 27.4. The predicted octanol–water partition coefficient (Wildman–Crippen LogP) is 2.26. The Morgan fingerprint density at radius 3 is 2.25 bits per heavy atom. The molecule has 2 fully saturated rings. The van der Waals surface area contributed by atoms with Crippen molar-refractivity contribution in [2.24, 2.45) is 21.5 Å². The van der Waals surface area contributed by atoms with Gasteiger partial charge >= 0.3 is 6.09 Å². The molecule has 3 aliphatic rings. The van der Waals surface area contributed by atoms with Crippen molar-refractivity contribution in [3.8, 4) is 0 Å². The summed E-state index contributed by atoms with van der Waals surface area (Å²) in [7, 11) is -3.48. The van der Waals surface area contributed by atoms with Crippen LogP contribution in [0, 0.1) is 0 Å². The molecule has 4 rings (SSSR count). The van der Waals surface area contributed by atoms with Gasteiger partial charge in [0.05, 0.1) is 16.3 Å². The number of piperazine rings is 1. The van der Waals surface area contributed by atoms with Gasteiger partial charge in [0, 0.05) is 32.4 Å². The average molecular weight is 520 g/mol. The maximum absolute atomic E-state index is 12.6. The topological polar surface area (TPSA) is 147 Å². The van der Waals surface area contributed by atoms with E-state index in [1.54, 1.807) is 23.1 Å². The van der Waals surface area contributed by atoms with Crippen molar-refractivity contribution in [3.05, 3.63) is 18.2 Å². The molecular formula is C24H37N7O4S. The molecule has 1 amide bonds. The fourth-order valence-electron chi connectivity index (χ4n) is 5.11. The van der Waals surface area contributed by atoms with Crippen LogP contribution < -0.4 is 21.3 Å². The highest BCUT2D eigenvalue weighted by molar-refractivity contribution is 7.90. The highest BCUT2D eigenvalue weighted by Crippen LogP contribution is 2.43. The van der Waals surface area contributed by atoms with Gasteiger partial charge in [-0.25, -0.2) is 18.2 Å². The first-order valence-electron chi connectivity index (χ1n) is 12.4. The van der Waals surface area contributed by atoms with Gasteiger partial charge < -0.3 is 26.0 Å². The van der Waals surface area contributed by atoms with E-state index in [1.165, 1.54) is 6.26 Å². The number of amides is 1. The number of carbonyl (C=O) groups is 1. The van der Waals surface area contributed by atoms with E-state index in [0.717, 1.165) is 37.8 Å². The molecule has 1 aromatic rings. The summed E-state index contributed by atoms with van der Waals surface area (Å²) < 4.78 is 30.5. The molecule has 2 aliphatic heterocycles. The highest BCUT2D eigenvalue weighted by atomic mass is 32.2. The molecule has 0 atom stereocenters. The van der Waals surface area contributed by atoms with E-state index in [0.29, 0.717) is 31.9 Å². The number of aliphatic imine (C=N–C) groups is 2. The molecular weight excluding hydrogens is 482 g/mol. The molecule has 0 aromatic heterocycles. The van der Waals surface area contributed by atoms with E-state index in [1.807, 2.05) is 25.7 Å². The smallest absolute Gasteiger partial charge is 0.410 e. The molecule has 1 saturated heterocycles. The Morgan fingerprint density at radius 2 is 1.67 bits per heavy atom. The Labute approximate surface area is 213 Å². The number of benzene rings is 1. The van der Waals surface area contributed by atoms with Gasteiger partial charge in [0.1, 0.15) is 11.3 Å². The van der Waals surface area contributed by atoms with Crippen molar-refractivity contribution in [2.45, 2.75) is 69.0 Å². The average Bonchev–Trinajstić information content (AvgIpc) is 2.77. The van der Waals surface area contributed by atoms with Crippen molar-refractivity contribution in [1.29, 1.82) is 0 Å². The fraction of sp³-hybridized carbons (Fsp3) is 0.625. The minimum absolute atomic E-state index is 0.137. The van der Waals surface area contributed by atoms with Crippen molar-refractivity contribution in [1.82, 2.24) is 4.90 Å². The second-order valence-corrected chi connectivity index (χ2v) is 12.7. The van der Waals surface area contributed by atoms with Gasteiger partial charge in [-0.05, 0) is 64.7 Å². The first-order valence-corrected chi connectivity index (χ1v) is 14.2. The van der Waals surface area contributed by atoms with Gasteiger partial charge in [-0.2, -0.15) is 4.99 Å². The number of carbonyl (C=O) groups excluding carboxylic acids is 1. The van der Waals surface area contributed by atoms with Crippen molar-refractivity contribution < 1.29 is 17.9 Å². The van der Waals surface area contributed by atoms with Gasteiger partial charge in [-0.15, -0.1) is 0 Å². The zero-order valence-corrected chi connectivity index (χ0v) is 22.3. The van der Waals surface area contributed by atoms with Crippen LogP contribution in [0.1, 0.15) is 52.9 Å². The van der Waals surface area contributed by atoms with E-state index in [9.17, 15) is 13.2 Å². The molecule has 198 valence electrons. The number of hydrogen-bond acceptors (Lipinski definition) is 10. The number of anilines is 2. The lowest BCUT2D eigenvalue weighted by Gasteiger charge is -2.47. The molecule has 0 radical (unpaired) electrons. The van der Waals surface area contributed by atoms with Crippen LogP contribution in [0.5, 0.6) is 0 Å². The number of rotatable bonds is 3. The van der Waals surface area contributed by atoms with Gasteiger partial charge in [-0.3, -0.25) is 4.90 Å². The summed E-state index contributed by atoms with van der Waals surface area (Å²) in [5.41, 5.74) is 12.7. The first-order chi connectivity index (χ1) is 16.8. The third kappa shape index (κ3) is 5.37. The van der Waals surface area contributed by atoms with Crippen LogP contribution in [0.3, 0.4) is 0 Å². The molecule has 1 saturated carbocycles. The zero-order chi connectivity index (χ0) is 26.3. The number of ether oxygens (including phenoxy) is 1. The van der Waals surface area contributed by atoms with Crippen LogP contribution in [0.2, 0.25) is 0 Å². The van der Waals surface area contributed by atoms with Crippen LogP contribution in [0.15, 0.2) is 33.1 Å². The SMILES string of the molecule is CC(C)(C)OC(=O)N1CCN(c2ccc(S(C)(=O)=O)cc2N2C(N)=NC(N)=NC23CCCCC3)CC1. The Kier molecular flexibility index (Phi) is 6.84. The maximum atomic E-state index is 12.6. The third-order valence-corrected chi connectivity index (χ3v) is 7.85. The summed E-state index contributed by atoms with van der Waals surface area (Å²) >= 11 is 0. The number of nitrogens with zero attached hydrogens (tertiary/aromatic N) is 5. The van der Waals surface area contributed by atoms with E-state index in [4.69, 9.17) is 21.2 Å². The lowest BCUT2D eigenvalue weighted by Crippen LogP contribution is -2.59. The Hall–Kier alpha value is -3.02. The van der Waals surface area contributed by atoms with E-state index in [-0.39, 0.29) is 22.9 Å². The number of nitrogens with two attached hydrogens (primary N) is 2. The molecule has 1 aliphatic carbocycles. The molecule has 12 heteroatoms. The summed E-state index contributed by atoms with van der Waals surface area (Å²) in [5.74, 6) is 0.334. The van der Waals surface area contributed by atoms with Crippen molar-refractivity contribution >= 4 is 39.2 Å². The summed E-state index contributed by atoms with van der Waals surface area (Å²) in [6, 6.07) is 5.07. The van der Waals surface area contributed by atoms with Gasteiger partial charge in [-0.1, -0.05) is 6.42 Å². The van der Waals surface area contributed by atoms with E-state index >= 15 is 0 Å². The largest absolute Gasteiger partial charge is 0.444 e. The molecule has 0 bridgehead atoms. The predicted molar refractivity (Wildman–Crippen MR) is 141 cm³/mol. The molecule has 1 spiro atoms. The van der Waals surface area contributed by atoms with Crippen molar-refractivity contribution in [3.63, 3.8) is 0 Å². The second kappa shape index (κ2) is 9.45. The summed E-state index contributed by atoms with van der Waals surface area (Å²) in [5, 5.41) is 0. The van der Waals surface area contributed by atoms with Crippen molar-refractivity contribution in [2.75, 3.05) is 42.2 Å². The number of guanidine groups is 2. The van der Waals surface area contributed by atoms with Gasteiger partial charge in [0.25, 0.3) is 0 Å². The normalized spacial score (nSPS) is 20.7. The minimum atomic E-state index is -3.48. The number of hydrogen-bond donors (Lipinski definition) is 2. The molecule has 11 nitrogen and oxygen atoms in total. The molecule has 36 heavy (non-hydrogen) atoms. The summed E-state index contributed by atoms with van der Waals surface area (Å²) in [6.45, 7) is 7.58. The van der Waals surface area contributed by atoms with Crippen LogP contribution in [-0.2, 0) is 14.6 Å². The lowest BCUT2D eigenvalue weighted by molar-refractivity contribution is 0.0240. The van der Waals surface area contributed by atoms with Gasteiger partial charge in [0.15, 0.2) is 9.84 Å². The zero-order valence-electron chi connectivity index (χ0n) is 21.5. The fourth-order valence-corrected chi connectivity index (χ4v) is 5.75.